The molecule has 2 rings (SSSR count). The van der Waals surface area contributed by atoms with Crippen LogP contribution in [0.4, 0.5) is 0 Å². The second kappa shape index (κ2) is 8.62. The monoisotopic (exact) mass is 374 g/mol. The number of carbonyl (C=O) groups is 3. The van der Waals surface area contributed by atoms with E-state index in [0.29, 0.717) is 11.3 Å². The molecule has 7 heteroatoms. The maximum atomic E-state index is 12.6. The Hall–Kier alpha value is -2.67. The molecule has 1 unspecified atom stereocenters. The second-order valence-corrected chi connectivity index (χ2v) is 7.55. The quantitative estimate of drug-likeness (QED) is 0.661. The van der Waals surface area contributed by atoms with Crippen LogP contribution in [0.25, 0.3) is 0 Å². The molecule has 1 aromatic heterocycles. The third-order valence-electron chi connectivity index (χ3n) is 3.93. The van der Waals surface area contributed by atoms with Crippen LogP contribution in [0, 0.1) is 5.41 Å². The molecule has 0 aliphatic carbocycles. The number of benzene rings is 1. The Morgan fingerprint density at radius 3 is 2.38 bits per heavy atom. The first-order valence-corrected chi connectivity index (χ1v) is 9.07. The molecule has 0 radical (unpaired) electrons. The van der Waals surface area contributed by atoms with Crippen LogP contribution in [0.5, 0.6) is 0 Å². The molecule has 0 aliphatic rings. The fraction of sp³-hybridized carbons (Fsp3) is 0.316. The molecule has 0 fully saturated rings. The molecule has 0 saturated carbocycles. The predicted molar refractivity (Wildman–Crippen MR) is 100 cm³/mol. The number of rotatable bonds is 8. The van der Waals surface area contributed by atoms with Gasteiger partial charge in [0.1, 0.15) is 6.04 Å². The highest BCUT2D eigenvalue weighted by molar-refractivity contribution is 7.12. The van der Waals surface area contributed by atoms with Crippen molar-refractivity contribution in [3.05, 3.63) is 58.3 Å². The van der Waals surface area contributed by atoms with Crippen molar-refractivity contribution in [2.24, 2.45) is 5.41 Å². The fourth-order valence-corrected chi connectivity index (χ4v) is 2.83. The summed E-state index contributed by atoms with van der Waals surface area (Å²) < 4.78 is 0. The topological polar surface area (TPSA) is 95.5 Å². The highest BCUT2D eigenvalue weighted by Gasteiger charge is 2.29. The van der Waals surface area contributed by atoms with Crippen LogP contribution in [-0.4, -0.2) is 35.5 Å². The summed E-state index contributed by atoms with van der Waals surface area (Å²) in [5, 5.41) is 16.4. The van der Waals surface area contributed by atoms with E-state index in [1.807, 2.05) is 30.3 Å². The van der Waals surface area contributed by atoms with Crippen LogP contribution in [-0.2, 0) is 16.0 Å². The lowest BCUT2D eigenvalue weighted by atomic mass is 9.93. The molecule has 138 valence electrons. The molecule has 2 amide bonds. The van der Waals surface area contributed by atoms with Gasteiger partial charge >= 0.3 is 5.97 Å². The van der Waals surface area contributed by atoms with E-state index < -0.39 is 23.3 Å². The van der Waals surface area contributed by atoms with Crippen LogP contribution >= 0.6 is 11.3 Å². The third kappa shape index (κ3) is 5.42. The molecule has 0 bridgehead atoms. The van der Waals surface area contributed by atoms with Crippen molar-refractivity contribution in [3.63, 3.8) is 0 Å². The van der Waals surface area contributed by atoms with E-state index in [0.717, 1.165) is 5.56 Å². The maximum Gasteiger partial charge on any atom is 0.310 e. The van der Waals surface area contributed by atoms with Gasteiger partial charge in [0.2, 0.25) is 5.91 Å². The first-order chi connectivity index (χ1) is 12.3. The number of hydrogen-bond acceptors (Lipinski definition) is 4. The van der Waals surface area contributed by atoms with Gasteiger partial charge in [-0.25, -0.2) is 0 Å². The van der Waals surface area contributed by atoms with Crippen LogP contribution < -0.4 is 10.6 Å². The Balaban J connectivity index is 2.10. The number of amides is 2. The normalized spacial score (nSPS) is 12.2. The Kier molecular flexibility index (Phi) is 6.52. The van der Waals surface area contributed by atoms with Gasteiger partial charge in [0.15, 0.2) is 0 Å². The summed E-state index contributed by atoms with van der Waals surface area (Å²) in [5.74, 6) is -1.73. The van der Waals surface area contributed by atoms with E-state index >= 15 is 0 Å². The number of carboxylic acids is 1. The summed E-state index contributed by atoms with van der Waals surface area (Å²) in [7, 11) is 0. The van der Waals surface area contributed by atoms with Gasteiger partial charge in [-0.3, -0.25) is 14.4 Å². The van der Waals surface area contributed by atoms with Gasteiger partial charge in [-0.15, -0.1) is 11.3 Å². The van der Waals surface area contributed by atoms with Crippen LogP contribution in [0.3, 0.4) is 0 Å². The minimum atomic E-state index is -1.09. The van der Waals surface area contributed by atoms with Crippen molar-refractivity contribution in [2.45, 2.75) is 26.3 Å². The number of thiophene rings is 1. The van der Waals surface area contributed by atoms with Gasteiger partial charge in [0, 0.05) is 13.0 Å². The Morgan fingerprint density at radius 1 is 1.12 bits per heavy atom. The zero-order chi connectivity index (χ0) is 19.2. The lowest BCUT2D eigenvalue weighted by molar-refractivity contribution is -0.146. The summed E-state index contributed by atoms with van der Waals surface area (Å²) in [6.45, 7) is 3.04. The smallest absolute Gasteiger partial charge is 0.310 e. The van der Waals surface area contributed by atoms with Crippen molar-refractivity contribution < 1.29 is 19.5 Å². The van der Waals surface area contributed by atoms with E-state index in [1.165, 1.54) is 25.2 Å². The van der Waals surface area contributed by atoms with Gasteiger partial charge in [0.05, 0.1) is 10.3 Å². The Bertz CT molecular complexity index is 757. The number of carboxylic acid groups (broad SMARTS) is 1. The minimum absolute atomic E-state index is 0.0265. The SMILES string of the molecule is CC(C)(CNC(=O)C(Cc1ccccc1)NC(=O)c1cccs1)C(=O)O. The largest absolute Gasteiger partial charge is 0.481 e. The summed E-state index contributed by atoms with van der Waals surface area (Å²) in [4.78, 5) is 36.7. The van der Waals surface area contributed by atoms with Crippen molar-refractivity contribution in [1.82, 2.24) is 10.6 Å². The van der Waals surface area contributed by atoms with Crippen molar-refractivity contribution in [3.8, 4) is 0 Å². The molecule has 0 aliphatic heterocycles. The van der Waals surface area contributed by atoms with Crippen molar-refractivity contribution in [1.29, 1.82) is 0 Å². The fourth-order valence-electron chi connectivity index (χ4n) is 2.20. The lowest BCUT2D eigenvalue weighted by Crippen LogP contribution is -2.50. The zero-order valence-electron chi connectivity index (χ0n) is 14.7. The molecule has 0 spiro atoms. The van der Waals surface area contributed by atoms with Crippen LogP contribution in [0.15, 0.2) is 47.8 Å². The summed E-state index contributed by atoms with van der Waals surface area (Å²) >= 11 is 1.29. The third-order valence-corrected chi connectivity index (χ3v) is 4.80. The van der Waals surface area contributed by atoms with Crippen LogP contribution in [0.1, 0.15) is 29.1 Å². The second-order valence-electron chi connectivity index (χ2n) is 6.60. The number of aliphatic carboxylic acids is 1. The standard InChI is InChI=1S/C19H22N2O4S/c1-19(2,18(24)25)12-20-16(22)14(11-13-7-4-3-5-8-13)21-17(23)15-9-6-10-26-15/h3-10,14H,11-12H2,1-2H3,(H,20,22)(H,21,23)(H,24,25). The van der Waals surface area contributed by atoms with Gasteiger partial charge in [-0.1, -0.05) is 36.4 Å². The average Bonchev–Trinajstić information content (AvgIpc) is 3.14. The first-order valence-electron chi connectivity index (χ1n) is 8.19. The summed E-state index contributed by atoms with van der Waals surface area (Å²) in [6.07, 6.45) is 0.317. The molecule has 6 nitrogen and oxygen atoms in total. The molecule has 0 saturated heterocycles. The molecule has 3 N–H and O–H groups in total. The molecule has 1 aromatic carbocycles. The molecule has 1 heterocycles. The summed E-state index contributed by atoms with van der Waals surface area (Å²) in [6, 6.07) is 12.0. The number of hydrogen-bond donors (Lipinski definition) is 3. The molecular weight excluding hydrogens is 352 g/mol. The Morgan fingerprint density at radius 2 is 1.81 bits per heavy atom. The van der Waals surface area contributed by atoms with E-state index in [4.69, 9.17) is 0 Å². The van der Waals surface area contributed by atoms with Crippen molar-refractivity contribution >= 4 is 29.1 Å². The highest BCUT2D eigenvalue weighted by atomic mass is 32.1. The first kappa shape index (κ1) is 19.7. The lowest BCUT2D eigenvalue weighted by Gasteiger charge is -2.23. The van der Waals surface area contributed by atoms with Gasteiger partial charge in [-0.2, -0.15) is 0 Å². The maximum absolute atomic E-state index is 12.6. The molecule has 2 aromatic rings. The van der Waals surface area contributed by atoms with Gasteiger partial charge in [-0.05, 0) is 30.9 Å². The molecular formula is C19H22N2O4S. The zero-order valence-corrected chi connectivity index (χ0v) is 15.5. The number of carbonyl (C=O) groups excluding carboxylic acids is 2. The average molecular weight is 374 g/mol. The van der Waals surface area contributed by atoms with E-state index in [1.54, 1.807) is 17.5 Å². The molecule has 1 atom stereocenters. The van der Waals surface area contributed by atoms with Gasteiger partial charge in [0.25, 0.3) is 5.91 Å². The minimum Gasteiger partial charge on any atom is -0.481 e. The van der Waals surface area contributed by atoms with E-state index in [2.05, 4.69) is 10.6 Å². The summed E-state index contributed by atoms with van der Waals surface area (Å²) in [5.41, 5.74) is -0.193. The van der Waals surface area contributed by atoms with E-state index in [-0.39, 0.29) is 12.5 Å². The Labute approximate surface area is 156 Å². The number of nitrogens with one attached hydrogen (secondary N) is 2. The van der Waals surface area contributed by atoms with Gasteiger partial charge < -0.3 is 15.7 Å². The predicted octanol–water partition coefficient (Wildman–Crippen LogP) is 2.32. The van der Waals surface area contributed by atoms with Crippen LogP contribution in [0.2, 0.25) is 0 Å². The van der Waals surface area contributed by atoms with Crippen molar-refractivity contribution in [2.75, 3.05) is 6.54 Å². The highest BCUT2D eigenvalue weighted by Crippen LogP contribution is 2.14. The molecule has 26 heavy (non-hydrogen) atoms. The van der Waals surface area contributed by atoms with E-state index in [9.17, 15) is 19.5 Å².